The van der Waals surface area contributed by atoms with E-state index in [0.29, 0.717) is 12.0 Å². The Hall–Kier alpha value is -2.39. The second-order valence-electron chi connectivity index (χ2n) is 8.69. The summed E-state index contributed by atoms with van der Waals surface area (Å²) in [4.78, 5) is 7.42. The normalized spacial score (nSPS) is 27.1. The molecule has 150 valence electrons. The molecule has 5 atom stereocenters. The van der Waals surface area contributed by atoms with Crippen LogP contribution in [0.4, 0.5) is 0 Å². The molecule has 3 heteroatoms. The van der Waals surface area contributed by atoms with Crippen molar-refractivity contribution in [2.75, 3.05) is 20.2 Å². The van der Waals surface area contributed by atoms with Crippen molar-refractivity contribution in [3.8, 4) is 5.75 Å². The number of piperidine rings is 3. The largest absolute Gasteiger partial charge is 0.497 e. The Morgan fingerprint density at radius 1 is 1.14 bits per heavy atom. The van der Waals surface area contributed by atoms with E-state index in [-0.39, 0.29) is 0 Å². The average Bonchev–Trinajstić information content (AvgIpc) is 2.80. The predicted octanol–water partition coefficient (Wildman–Crippen LogP) is 5.50. The maximum absolute atomic E-state index is 5.55. The van der Waals surface area contributed by atoms with Gasteiger partial charge in [-0.2, -0.15) is 0 Å². The van der Waals surface area contributed by atoms with E-state index in [2.05, 4.69) is 65.3 Å². The second-order valence-corrected chi connectivity index (χ2v) is 8.69. The van der Waals surface area contributed by atoms with Crippen molar-refractivity contribution in [1.82, 2.24) is 9.88 Å². The van der Waals surface area contributed by atoms with E-state index in [9.17, 15) is 0 Å². The van der Waals surface area contributed by atoms with E-state index in [0.717, 1.165) is 23.1 Å². The molecule has 0 saturated carbocycles. The molecule has 4 heterocycles. The number of methoxy groups -OCH3 is 1. The predicted molar refractivity (Wildman–Crippen MR) is 118 cm³/mol. The van der Waals surface area contributed by atoms with Gasteiger partial charge in [-0.15, -0.1) is 0 Å². The molecule has 3 aliphatic rings. The van der Waals surface area contributed by atoms with Crippen molar-refractivity contribution in [1.29, 1.82) is 0 Å². The van der Waals surface area contributed by atoms with Crippen molar-refractivity contribution in [3.63, 3.8) is 0 Å². The van der Waals surface area contributed by atoms with Gasteiger partial charge in [0.25, 0.3) is 0 Å². The molecule has 4 unspecified atom stereocenters. The lowest BCUT2D eigenvalue weighted by Gasteiger charge is -2.52. The van der Waals surface area contributed by atoms with Gasteiger partial charge >= 0.3 is 0 Å². The first-order valence-corrected chi connectivity index (χ1v) is 11.0. The zero-order chi connectivity index (χ0) is 19.8. The van der Waals surface area contributed by atoms with Gasteiger partial charge in [0.1, 0.15) is 5.75 Å². The van der Waals surface area contributed by atoms with E-state index < -0.39 is 0 Å². The number of hydrogen-bond acceptors (Lipinski definition) is 3. The minimum absolute atomic E-state index is 0.356. The van der Waals surface area contributed by atoms with Crippen LogP contribution in [-0.4, -0.2) is 36.1 Å². The summed E-state index contributed by atoms with van der Waals surface area (Å²) >= 11 is 0. The van der Waals surface area contributed by atoms with E-state index >= 15 is 0 Å². The molecule has 2 bridgehead atoms. The van der Waals surface area contributed by atoms with Gasteiger partial charge in [-0.3, -0.25) is 9.88 Å². The molecule has 3 nitrogen and oxygen atoms in total. The highest BCUT2D eigenvalue weighted by molar-refractivity contribution is 5.84. The molecule has 0 radical (unpaired) electrons. The molecule has 3 fully saturated rings. The molecule has 0 aliphatic carbocycles. The van der Waals surface area contributed by atoms with Crippen LogP contribution < -0.4 is 4.74 Å². The van der Waals surface area contributed by atoms with Gasteiger partial charge in [-0.05, 0) is 66.6 Å². The van der Waals surface area contributed by atoms with Gasteiger partial charge < -0.3 is 4.74 Å². The van der Waals surface area contributed by atoms with Gasteiger partial charge in [0.15, 0.2) is 0 Å². The second kappa shape index (κ2) is 7.79. The summed E-state index contributed by atoms with van der Waals surface area (Å²) in [5, 5.41) is 1.22. The third-order valence-corrected chi connectivity index (χ3v) is 7.32. The van der Waals surface area contributed by atoms with Crippen LogP contribution in [-0.2, 0) is 0 Å². The van der Waals surface area contributed by atoms with E-state index in [1.165, 1.54) is 48.9 Å². The van der Waals surface area contributed by atoms with Crippen LogP contribution in [0.2, 0.25) is 0 Å². The fraction of sp³-hybridized carbons (Fsp3) is 0.423. The SMILES string of the molecule is CCC1CN2CCC1CC2[C@@H](c1ccccc1)c1ccnc2ccc(OC)cc12. The molecule has 1 aromatic heterocycles. The highest BCUT2D eigenvalue weighted by Crippen LogP contribution is 2.45. The summed E-state index contributed by atoms with van der Waals surface area (Å²) in [6, 6.07) is 20.1. The van der Waals surface area contributed by atoms with Crippen LogP contribution >= 0.6 is 0 Å². The lowest BCUT2D eigenvalue weighted by molar-refractivity contribution is -0.00637. The molecular formula is C26H30N2O. The number of fused-ring (bicyclic) bond motifs is 4. The van der Waals surface area contributed by atoms with Crippen LogP contribution in [0.15, 0.2) is 60.8 Å². The molecule has 0 spiro atoms. The highest BCUT2D eigenvalue weighted by Gasteiger charge is 2.43. The Bertz CT molecular complexity index is 986. The number of aromatic nitrogens is 1. The molecule has 3 aliphatic heterocycles. The van der Waals surface area contributed by atoms with Crippen molar-refractivity contribution in [2.45, 2.75) is 38.1 Å². The number of nitrogens with zero attached hydrogens (tertiary/aromatic N) is 2. The lowest BCUT2D eigenvalue weighted by Crippen LogP contribution is -2.55. The van der Waals surface area contributed by atoms with Gasteiger partial charge in [-0.25, -0.2) is 0 Å². The minimum Gasteiger partial charge on any atom is -0.497 e. The Morgan fingerprint density at radius 3 is 2.72 bits per heavy atom. The Labute approximate surface area is 173 Å². The molecule has 0 N–H and O–H groups in total. The minimum atomic E-state index is 0.356. The monoisotopic (exact) mass is 386 g/mol. The molecule has 3 saturated heterocycles. The third kappa shape index (κ3) is 3.32. The summed E-state index contributed by atoms with van der Waals surface area (Å²) in [5.74, 6) is 2.99. The summed E-state index contributed by atoms with van der Waals surface area (Å²) < 4.78 is 5.55. The number of pyridine rings is 1. The zero-order valence-corrected chi connectivity index (χ0v) is 17.4. The molecule has 29 heavy (non-hydrogen) atoms. The van der Waals surface area contributed by atoms with Crippen LogP contribution in [0.3, 0.4) is 0 Å². The quantitative estimate of drug-likeness (QED) is 0.579. The molecule has 0 amide bonds. The summed E-state index contributed by atoms with van der Waals surface area (Å²) in [6.45, 7) is 4.85. The number of benzene rings is 2. The highest BCUT2D eigenvalue weighted by atomic mass is 16.5. The number of rotatable bonds is 5. The smallest absolute Gasteiger partial charge is 0.119 e. The maximum Gasteiger partial charge on any atom is 0.119 e. The molecule has 6 rings (SSSR count). The van der Waals surface area contributed by atoms with E-state index in [4.69, 9.17) is 4.74 Å². The van der Waals surface area contributed by atoms with Crippen LogP contribution in [0.1, 0.15) is 43.2 Å². The Balaban J connectivity index is 1.64. The number of ether oxygens (including phenoxy) is 1. The maximum atomic E-state index is 5.55. The first-order chi connectivity index (χ1) is 14.3. The van der Waals surface area contributed by atoms with Crippen LogP contribution in [0.25, 0.3) is 10.9 Å². The number of hydrogen-bond donors (Lipinski definition) is 0. The van der Waals surface area contributed by atoms with E-state index in [1.54, 1.807) is 7.11 Å². The zero-order valence-electron chi connectivity index (χ0n) is 17.4. The summed E-state index contributed by atoms with van der Waals surface area (Å²) in [5.41, 5.74) is 3.84. The average molecular weight is 387 g/mol. The Kier molecular flexibility index (Phi) is 5.01. The van der Waals surface area contributed by atoms with Crippen LogP contribution in [0, 0.1) is 11.8 Å². The van der Waals surface area contributed by atoms with Crippen LogP contribution in [0.5, 0.6) is 5.75 Å². The summed E-state index contributed by atoms with van der Waals surface area (Å²) in [6.07, 6.45) is 5.94. The summed E-state index contributed by atoms with van der Waals surface area (Å²) in [7, 11) is 1.74. The van der Waals surface area contributed by atoms with Crippen molar-refractivity contribution >= 4 is 10.9 Å². The van der Waals surface area contributed by atoms with Gasteiger partial charge in [0.2, 0.25) is 0 Å². The lowest BCUT2D eigenvalue weighted by atomic mass is 9.69. The molecule has 3 aromatic rings. The van der Waals surface area contributed by atoms with Crippen molar-refractivity contribution in [2.24, 2.45) is 11.8 Å². The molecule has 2 aromatic carbocycles. The fourth-order valence-electron chi connectivity index (χ4n) is 5.80. The van der Waals surface area contributed by atoms with Gasteiger partial charge in [0.05, 0.1) is 12.6 Å². The Morgan fingerprint density at radius 2 is 2.00 bits per heavy atom. The van der Waals surface area contributed by atoms with Crippen molar-refractivity contribution < 1.29 is 4.74 Å². The van der Waals surface area contributed by atoms with Gasteiger partial charge in [-0.1, -0.05) is 43.7 Å². The van der Waals surface area contributed by atoms with Crippen molar-refractivity contribution in [3.05, 3.63) is 71.9 Å². The first kappa shape index (κ1) is 18.6. The first-order valence-electron chi connectivity index (χ1n) is 11.0. The topological polar surface area (TPSA) is 25.4 Å². The van der Waals surface area contributed by atoms with Gasteiger partial charge in [0, 0.05) is 30.1 Å². The van der Waals surface area contributed by atoms with E-state index in [1.807, 2.05) is 12.3 Å². The molecular weight excluding hydrogens is 356 g/mol. The third-order valence-electron chi connectivity index (χ3n) is 7.32. The fourth-order valence-corrected chi connectivity index (χ4v) is 5.80. The standard InChI is InChI=1S/C26H30N2O/c1-3-18-17-28-14-12-20(18)15-25(28)26(19-7-5-4-6-8-19)22-11-13-27-24-10-9-21(29-2)16-23(22)24/h4-11,13,16,18,20,25-26H,3,12,14-15,17H2,1-2H3/t18?,20?,25?,26-/m0/s1.